The number of hydrogen-bond acceptors (Lipinski definition) is 1. The van der Waals surface area contributed by atoms with Crippen molar-refractivity contribution in [1.82, 2.24) is 0 Å². The lowest BCUT2D eigenvalue weighted by atomic mass is 9.94. The molecule has 0 bridgehead atoms. The lowest BCUT2D eigenvalue weighted by Crippen LogP contribution is -2.19. The minimum absolute atomic E-state index is 0.140. The van der Waals surface area contributed by atoms with Crippen molar-refractivity contribution >= 4 is 0 Å². The summed E-state index contributed by atoms with van der Waals surface area (Å²) in [4.78, 5) is 0. The second-order valence-electron chi connectivity index (χ2n) is 4.88. The molecule has 1 nitrogen and oxygen atoms in total. The molecule has 0 aromatic heterocycles. The van der Waals surface area contributed by atoms with Gasteiger partial charge >= 0.3 is 6.18 Å². The zero-order valence-electron chi connectivity index (χ0n) is 11.1. The van der Waals surface area contributed by atoms with Gasteiger partial charge in [0.2, 0.25) is 0 Å². The van der Waals surface area contributed by atoms with Crippen molar-refractivity contribution in [1.29, 1.82) is 0 Å². The van der Waals surface area contributed by atoms with Crippen LogP contribution in [0.15, 0.2) is 48.5 Å². The maximum Gasteiger partial charge on any atom is 0.416 e. The van der Waals surface area contributed by atoms with E-state index in [1.165, 1.54) is 12.1 Å². The predicted molar refractivity (Wildman–Crippen MR) is 73.3 cm³/mol. The summed E-state index contributed by atoms with van der Waals surface area (Å²) >= 11 is 0. The molecule has 20 heavy (non-hydrogen) atoms. The summed E-state index contributed by atoms with van der Waals surface area (Å²) in [6.07, 6.45) is -3.99. The quantitative estimate of drug-likeness (QED) is 0.892. The molecule has 2 aromatic rings. The van der Waals surface area contributed by atoms with Gasteiger partial charge in [0.15, 0.2) is 0 Å². The van der Waals surface area contributed by atoms with Crippen LogP contribution in [0.4, 0.5) is 13.2 Å². The highest BCUT2D eigenvalue weighted by molar-refractivity contribution is 5.34. The molecule has 0 saturated heterocycles. The van der Waals surface area contributed by atoms with Crippen molar-refractivity contribution in [3.63, 3.8) is 0 Å². The molecule has 0 heterocycles. The Hall–Kier alpha value is -1.81. The number of hydrogen-bond donors (Lipinski definition) is 1. The Balaban J connectivity index is 2.28. The summed E-state index contributed by atoms with van der Waals surface area (Å²) in [6, 6.07) is 12.5. The maximum atomic E-state index is 13.0. The predicted octanol–water partition coefficient (Wildman–Crippen LogP) is 4.26. The fraction of sp³-hybridized carbons (Fsp3) is 0.250. The van der Waals surface area contributed by atoms with E-state index in [9.17, 15) is 13.2 Å². The van der Waals surface area contributed by atoms with Crippen LogP contribution >= 0.6 is 0 Å². The molecule has 0 saturated carbocycles. The van der Waals surface area contributed by atoms with Crippen LogP contribution in [0.25, 0.3) is 0 Å². The van der Waals surface area contributed by atoms with Crippen molar-refractivity contribution in [3.8, 4) is 0 Å². The molecule has 1 unspecified atom stereocenters. The summed E-state index contributed by atoms with van der Waals surface area (Å²) < 4.78 is 38.9. The van der Waals surface area contributed by atoms with Gasteiger partial charge in [-0.2, -0.15) is 13.2 Å². The van der Waals surface area contributed by atoms with Gasteiger partial charge in [0, 0.05) is 6.04 Å². The fourth-order valence-corrected chi connectivity index (χ4v) is 2.28. The highest BCUT2D eigenvalue weighted by atomic mass is 19.4. The molecule has 2 rings (SSSR count). The van der Waals surface area contributed by atoms with Crippen LogP contribution in [0.1, 0.15) is 28.3 Å². The molecule has 0 fully saturated rings. The Morgan fingerprint density at radius 2 is 1.75 bits per heavy atom. The Morgan fingerprint density at radius 1 is 1.05 bits per heavy atom. The van der Waals surface area contributed by atoms with Crippen LogP contribution in [-0.2, 0) is 12.6 Å². The molecule has 0 radical (unpaired) electrons. The SMILES string of the molecule is Cc1cccc(CC(N)c2ccccc2C(F)(F)F)c1. The molecule has 1 atom stereocenters. The largest absolute Gasteiger partial charge is 0.416 e. The van der Waals surface area contributed by atoms with Crippen LogP contribution in [0.5, 0.6) is 0 Å². The van der Waals surface area contributed by atoms with Crippen LogP contribution in [0.3, 0.4) is 0 Å². The standard InChI is InChI=1S/C16H16F3N/c1-11-5-4-6-12(9-11)10-15(20)13-7-2-3-8-14(13)16(17,18)19/h2-9,15H,10,20H2,1H3. The number of alkyl halides is 3. The highest BCUT2D eigenvalue weighted by Crippen LogP contribution is 2.34. The van der Waals surface area contributed by atoms with Crippen LogP contribution in [0.2, 0.25) is 0 Å². The van der Waals surface area contributed by atoms with E-state index in [2.05, 4.69) is 0 Å². The zero-order chi connectivity index (χ0) is 14.8. The Morgan fingerprint density at radius 3 is 2.40 bits per heavy atom. The second-order valence-corrected chi connectivity index (χ2v) is 4.88. The normalized spacial score (nSPS) is 13.2. The number of halogens is 3. The molecule has 2 aromatic carbocycles. The van der Waals surface area contributed by atoms with Gasteiger partial charge in [-0.15, -0.1) is 0 Å². The zero-order valence-corrected chi connectivity index (χ0v) is 11.1. The van der Waals surface area contributed by atoms with Gasteiger partial charge in [0.05, 0.1) is 5.56 Å². The summed E-state index contributed by atoms with van der Waals surface area (Å²) in [6.45, 7) is 1.94. The molecule has 0 aliphatic carbocycles. The molecule has 106 valence electrons. The van der Waals surface area contributed by atoms with Crippen molar-refractivity contribution in [2.24, 2.45) is 5.73 Å². The summed E-state index contributed by atoms with van der Waals surface area (Å²) in [7, 11) is 0. The van der Waals surface area contributed by atoms with Crippen LogP contribution in [0, 0.1) is 6.92 Å². The molecule has 4 heteroatoms. The number of benzene rings is 2. The smallest absolute Gasteiger partial charge is 0.324 e. The van der Waals surface area contributed by atoms with Crippen molar-refractivity contribution in [3.05, 3.63) is 70.8 Å². The average Bonchev–Trinajstić information content (AvgIpc) is 2.37. The summed E-state index contributed by atoms with van der Waals surface area (Å²) in [5.41, 5.74) is 7.47. The number of rotatable bonds is 3. The molecule has 0 amide bonds. The van der Waals surface area contributed by atoms with Crippen molar-refractivity contribution < 1.29 is 13.2 Å². The third-order valence-corrected chi connectivity index (χ3v) is 3.20. The van der Waals surface area contributed by atoms with Gasteiger partial charge in [-0.1, -0.05) is 48.0 Å². The van der Waals surface area contributed by atoms with Crippen LogP contribution < -0.4 is 5.73 Å². The Bertz CT molecular complexity index is 590. The first-order chi connectivity index (χ1) is 9.38. The second kappa shape index (κ2) is 5.67. The van der Waals surface area contributed by atoms with E-state index in [0.29, 0.717) is 6.42 Å². The van der Waals surface area contributed by atoms with E-state index in [-0.39, 0.29) is 5.56 Å². The van der Waals surface area contributed by atoms with Gasteiger partial charge < -0.3 is 5.73 Å². The lowest BCUT2D eigenvalue weighted by Gasteiger charge is -2.18. The van der Waals surface area contributed by atoms with Gasteiger partial charge in [-0.25, -0.2) is 0 Å². The fourth-order valence-electron chi connectivity index (χ4n) is 2.28. The van der Waals surface area contributed by atoms with Crippen LogP contribution in [-0.4, -0.2) is 0 Å². The van der Waals surface area contributed by atoms with E-state index in [4.69, 9.17) is 5.73 Å². The van der Waals surface area contributed by atoms with Gasteiger partial charge in [0.1, 0.15) is 0 Å². The molecule has 0 aliphatic rings. The first-order valence-corrected chi connectivity index (χ1v) is 6.35. The van der Waals surface area contributed by atoms with E-state index in [1.54, 1.807) is 6.07 Å². The first kappa shape index (κ1) is 14.6. The molecule has 0 spiro atoms. The minimum atomic E-state index is -4.37. The first-order valence-electron chi connectivity index (χ1n) is 6.35. The molecule has 2 N–H and O–H groups in total. The highest BCUT2D eigenvalue weighted by Gasteiger charge is 2.34. The number of nitrogens with two attached hydrogens (primary N) is 1. The maximum absolute atomic E-state index is 13.0. The topological polar surface area (TPSA) is 26.0 Å². The van der Waals surface area contributed by atoms with E-state index < -0.39 is 17.8 Å². The molecular weight excluding hydrogens is 263 g/mol. The summed E-state index contributed by atoms with van der Waals surface area (Å²) in [5, 5.41) is 0. The Kier molecular flexibility index (Phi) is 4.14. The van der Waals surface area contributed by atoms with Crippen molar-refractivity contribution in [2.75, 3.05) is 0 Å². The Labute approximate surface area is 116 Å². The van der Waals surface area contributed by atoms with Gasteiger partial charge in [-0.05, 0) is 30.5 Å². The van der Waals surface area contributed by atoms with E-state index >= 15 is 0 Å². The third kappa shape index (κ3) is 3.39. The molecular formula is C16H16F3N. The third-order valence-electron chi connectivity index (χ3n) is 3.20. The van der Waals surface area contributed by atoms with Gasteiger partial charge in [0.25, 0.3) is 0 Å². The van der Waals surface area contributed by atoms with E-state index in [0.717, 1.165) is 17.2 Å². The van der Waals surface area contributed by atoms with Crippen molar-refractivity contribution in [2.45, 2.75) is 25.6 Å². The monoisotopic (exact) mass is 279 g/mol. The molecule has 0 aliphatic heterocycles. The van der Waals surface area contributed by atoms with Gasteiger partial charge in [-0.3, -0.25) is 0 Å². The lowest BCUT2D eigenvalue weighted by molar-refractivity contribution is -0.138. The number of aryl methyl sites for hydroxylation is 1. The minimum Gasteiger partial charge on any atom is -0.324 e. The summed E-state index contributed by atoms with van der Waals surface area (Å²) in [5.74, 6) is 0. The average molecular weight is 279 g/mol. The van der Waals surface area contributed by atoms with E-state index in [1.807, 2.05) is 31.2 Å².